The van der Waals surface area contributed by atoms with Gasteiger partial charge in [-0.3, -0.25) is 0 Å². The van der Waals surface area contributed by atoms with E-state index in [0.29, 0.717) is 12.8 Å². The van der Waals surface area contributed by atoms with Crippen molar-refractivity contribution >= 4 is 0 Å². The van der Waals surface area contributed by atoms with Gasteiger partial charge in [0.05, 0.1) is 0 Å². The Morgan fingerprint density at radius 2 is 1.64 bits per heavy atom. The average Bonchev–Trinajstić information content (AvgIpc) is 2.19. The molecule has 1 saturated heterocycles. The normalized spacial score (nSPS) is 20.6. The van der Waals surface area contributed by atoms with E-state index in [1.807, 2.05) is 0 Å². The fourth-order valence-corrected chi connectivity index (χ4v) is 2.03. The molecule has 0 aromatic heterocycles. The molecule has 14 heavy (non-hydrogen) atoms. The van der Waals surface area contributed by atoms with E-state index in [4.69, 9.17) is 0 Å². The highest BCUT2D eigenvalue weighted by atomic mass is 19.1. The maximum Gasteiger partial charge on any atom is 0.103 e. The Hall–Kier alpha value is -0.150. The Labute approximate surface area is 87.0 Å². The van der Waals surface area contributed by atoms with Gasteiger partial charge in [0.2, 0.25) is 0 Å². The van der Waals surface area contributed by atoms with E-state index in [9.17, 15) is 4.39 Å². The predicted octanol–water partition coefficient (Wildman–Crippen LogP) is 2.46. The summed E-state index contributed by atoms with van der Waals surface area (Å²) in [6.45, 7) is 8.44. The molecule has 0 atom stereocenters. The molecular weight excluding hydrogens is 179 g/mol. The van der Waals surface area contributed by atoms with Crippen LogP contribution in [0.15, 0.2) is 0 Å². The van der Waals surface area contributed by atoms with E-state index in [1.54, 1.807) is 0 Å². The number of hydrogen-bond donors (Lipinski definition) is 0. The van der Waals surface area contributed by atoms with E-state index in [1.165, 1.54) is 12.8 Å². The summed E-state index contributed by atoms with van der Waals surface area (Å²) in [6.07, 6.45) is 3.22. The molecule has 84 valence electrons. The van der Waals surface area contributed by atoms with Crippen LogP contribution in [0.4, 0.5) is 4.39 Å². The van der Waals surface area contributed by atoms with Gasteiger partial charge in [0, 0.05) is 26.2 Å². The van der Waals surface area contributed by atoms with Crippen LogP contribution >= 0.6 is 0 Å². The van der Waals surface area contributed by atoms with Crippen LogP contribution in [0.25, 0.3) is 0 Å². The molecule has 0 radical (unpaired) electrons. The highest BCUT2D eigenvalue weighted by Crippen LogP contribution is 2.15. The van der Waals surface area contributed by atoms with Crippen LogP contribution in [0.5, 0.6) is 0 Å². The zero-order chi connectivity index (χ0) is 10.4. The number of hydrogen-bond acceptors (Lipinski definition) is 2. The standard InChI is InChI=1S/C11H23FN2/c1-3-7-13(8-4-2)14-9-5-11(12)6-10-14/h11H,3-10H2,1-2H3. The summed E-state index contributed by atoms with van der Waals surface area (Å²) in [4.78, 5) is 0. The first-order valence-electron chi connectivity index (χ1n) is 5.91. The van der Waals surface area contributed by atoms with Crippen molar-refractivity contribution in [2.24, 2.45) is 0 Å². The molecule has 0 aromatic carbocycles. The van der Waals surface area contributed by atoms with Gasteiger partial charge >= 0.3 is 0 Å². The molecule has 0 N–H and O–H groups in total. The minimum Gasteiger partial charge on any atom is -0.247 e. The first-order chi connectivity index (χ1) is 6.77. The Bertz CT molecular complexity index is 138. The minimum absolute atomic E-state index is 0.559. The quantitative estimate of drug-likeness (QED) is 0.675. The third kappa shape index (κ3) is 3.54. The molecule has 0 spiro atoms. The summed E-state index contributed by atoms with van der Waals surface area (Å²) in [5.41, 5.74) is 0. The summed E-state index contributed by atoms with van der Waals surface area (Å²) < 4.78 is 12.9. The van der Waals surface area contributed by atoms with Crippen molar-refractivity contribution in [3.05, 3.63) is 0 Å². The van der Waals surface area contributed by atoms with Crippen molar-refractivity contribution < 1.29 is 4.39 Å². The van der Waals surface area contributed by atoms with Crippen molar-refractivity contribution in [2.75, 3.05) is 26.2 Å². The third-order valence-electron chi connectivity index (χ3n) is 2.76. The lowest BCUT2D eigenvalue weighted by atomic mass is 10.1. The van der Waals surface area contributed by atoms with Crippen LogP contribution in [0, 0.1) is 0 Å². The lowest BCUT2D eigenvalue weighted by molar-refractivity contribution is -0.0526. The van der Waals surface area contributed by atoms with E-state index in [0.717, 1.165) is 26.2 Å². The summed E-state index contributed by atoms with van der Waals surface area (Å²) >= 11 is 0. The largest absolute Gasteiger partial charge is 0.247 e. The second kappa shape index (κ2) is 6.36. The van der Waals surface area contributed by atoms with Gasteiger partial charge in [-0.1, -0.05) is 13.8 Å². The fourth-order valence-electron chi connectivity index (χ4n) is 2.03. The zero-order valence-corrected chi connectivity index (χ0v) is 9.51. The Morgan fingerprint density at radius 3 is 2.07 bits per heavy atom. The molecule has 2 nitrogen and oxygen atoms in total. The van der Waals surface area contributed by atoms with E-state index < -0.39 is 6.17 Å². The monoisotopic (exact) mass is 202 g/mol. The SMILES string of the molecule is CCCN(CCC)N1CCC(F)CC1. The van der Waals surface area contributed by atoms with Gasteiger partial charge in [-0.25, -0.2) is 14.4 Å². The molecule has 1 heterocycles. The molecule has 0 unspecified atom stereocenters. The second-order valence-corrected chi connectivity index (χ2v) is 4.08. The van der Waals surface area contributed by atoms with Crippen LogP contribution in [0.2, 0.25) is 0 Å². The second-order valence-electron chi connectivity index (χ2n) is 4.08. The van der Waals surface area contributed by atoms with E-state index in [-0.39, 0.29) is 0 Å². The van der Waals surface area contributed by atoms with Gasteiger partial charge in [-0.05, 0) is 25.7 Å². The van der Waals surface area contributed by atoms with Gasteiger partial charge in [-0.2, -0.15) is 0 Å². The first-order valence-corrected chi connectivity index (χ1v) is 5.91. The zero-order valence-electron chi connectivity index (χ0n) is 9.51. The van der Waals surface area contributed by atoms with Gasteiger partial charge < -0.3 is 0 Å². The van der Waals surface area contributed by atoms with Crippen LogP contribution in [-0.4, -0.2) is 42.4 Å². The Balaban J connectivity index is 2.34. The molecular formula is C11H23FN2. The fraction of sp³-hybridized carbons (Fsp3) is 1.00. The molecule has 1 aliphatic rings. The first kappa shape index (κ1) is 11.9. The van der Waals surface area contributed by atoms with Gasteiger partial charge in [0.25, 0.3) is 0 Å². The lowest BCUT2D eigenvalue weighted by Crippen LogP contribution is -2.48. The molecule has 0 aliphatic carbocycles. The number of alkyl halides is 1. The summed E-state index contributed by atoms with van der Waals surface area (Å²) in [5, 5.41) is 4.73. The number of nitrogens with zero attached hydrogens (tertiary/aromatic N) is 2. The average molecular weight is 202 g/mol. The highest BCUT2D eigenvalue weighted by Gasteiger charge is 2.21. The highest BCUT2D eigenvalue weighted by molar-refractivity contribution is 4.70. The van der Waals surface area contributed by atoms with Crippen molar-refractivity contribution in [1.82, 2.24) is 10.0 Å². The predicted molar refractivity (Wildman–Crippen MR) is 57.9 cm³/mol. The van der Waals surface area contributed by atoms with E-state index in [2.05, 4.69) is 23.9 Å². The molecule has 0 bridgehead atoms. The number of rotatable bonds is 5. The molecule has 0 saturated carbocycles. The molecule has 0 amide bonds. The van der Waals surface area contributed by atoms with Crippen molar-refractivity contribution in [3.8, 4) is 0 Å². The topological polar surface area (TPSA) is 6.48 Å². The van der Waals surface area contributed by atoms with Crippen molar-refractivity contribution in [1.29, 1.82) is 0 Å². The maximum absolute atomic E-state index is 12.9. The summed E-state index contributed by atoms with van der Waals surface area (Å²) in [5.74, 6) is 0. The van der Waals surface area contributed by atoms with Crippen LogP contribution < -0.4 is 0 Å². The molecule has 1 fully saturated rings. The van der Waals surface area contributed by atoms with Crippen LogP contribution in [0.1, 0.15) is 39.5 Å². The molecule has 0 aromatic rings. The third-order valence-corrected chi connectivity index (χ3v) is 2.76. The minimum atomic E-state index is -0.559. The van der Waals surface area contributed by atoms with Crippen molar-refractivity contribution in [3.63, 3.8) is 0 Å². The summed E-state index contributed by atoms with van der Waals surface area (Å²) in [7, 11) is 0. The number of piperidine rings is 1. The van der Waals surface area contributed by atoms with Crippen LogP contribution in [-0.2, 0) is 0 Å². The molecule has 3 heteroatoms. The maximum atomic E-state index is 12.9. The van der Waals surface area contributed by atoms with E-state index >= 15 is 0 Å². The Morgan fingerprint density at radius 1 is 1.14 bits per heavy atom. The summed E-state index contributed by atoms with van der Waals surface area (Å²) in [6, 6.07) is 0. The Kier molecular flexibility index (Phi) is 5.41. The van der Waals surface area contributed by atoms with Crippen LogP contribution in [0.3, 0.4) is 0 Å². The molecule has 1 rings (SSSR count). The number of hydrazine groups is 1. The number of halogens is 1. The lowest BCUT2D eigenvalue weighted by Gasteiger charge is -2.38. The van der Waals surface area contributed by atoms with Crippen molar-refractivity contribution in [2.45, 2.75) is 45.7 Å². The van der Waals surface area contributed by atoms with Gasteiger partial charge in [-0.15, -0.1) is 0 Å². The molecule has 1 aliphatic heterocycles. The van der Waals surface area contributed by atoms with Gasteiger partial charge in [0.15, 0.2) is 0 Å². The van der Waals surface area contributed by atoms with Gasteiger partial charge in [0.1, 0.15) is 6.17 Å². The smallest absolute Gasteiger partial charge is 0.103 e.